The van der Waals surface area contributed by atoms with Gasteiger partial charge in [-0.25, -0.2) is 0 Å². The molecule has 0 atom stereocenters. The van der Waals surface area contributed by atoms with E-state index in [0.29, 0.717) is 22.1 Å². The number of fused-ring (bicyclic) bond motifs is 2. The molecule has 0 fully saturated rings. The Morgan fingerprint density at radius 1 is 0.688 bits per heavy atom. The summed E-state index contributed by atoms with van der Waals surface area (Å²) in [4.78, 5) is 2.08. The van der Waals surface area contributed by atoms with Gasteiger partial charge in [-0.2, -0.15) is 21.9 Å². The minimum absolute atomic E-state index is 0.0822. The fraction of sp³-hybridized carbons (Fsp3) is 0. The average Bonchev–Trinajstić information content (AvgIpc) is 2.75. The summed E-state index contributed by atoms with van der Waals surface area (Å²) < 4.78 is 66.5. The molecule has 12 heteroatoms. The van der Waals surface area contributed by atoms with Crippen LogP contribution in [-0.2, 0) is 20.2 Å². The van der Waals surface area contributed by atoms with E-state index in [2.05, 4.69) is 15.2 Å². The van der Waals surface area contributed by atoms with Gasteiger partial charge in [0.2, 0.25) is 5.39 Å². The Morgan fingerprint density at radius 3 is 2.00 bits per heavy atom. The molecule has 4 aromatic carbocycles. The van der Waals surface area contributed by atoms with Crippen LogP contribution in [0.5, 0.6) is 0 Å². The highest BCUT2D eigenvalue weighted by atomic mass is 32.2. The van der Waals surface area contributed by atoms with E-state index in [4.69, 9.17) is 5.39 Å². The number of rotatable bonds is 4. The fourth-order valence-electron chi connectivity index (χ4n) is 3.36. The molecular formula is C20H13N4O6S2+. The van der Waals surface area contributed by atoms with Gasteiger partial charge in [-0.1, -0.05) is 30.3 Å². The third-order valence-electron chi connectivity index (χ3n) is 4.72. The molecule has 160 valence electrons. The zero-order valence-electron chi connectivity index (χ0n) is 16.0. The van der Waals surface area contributed by atoms with Crippen LogP contribution in [0, 0.1) is 5.39 Å². The molecular weight excluding hydrogens is 456 g/mol. The summed E-state index contributed by atoms with van der Waals surface area (Å²) in [5.74, 6) is 0. The van der Waals surface area contributed by atoms with Crippen molar-refractivity contribution in [3.8, 4) is 0 Å². The van der Waals surface area contributed by atoms with Gasteiger partial charge < -0.3 is 0 Å². The smallest absolute Gasteiger partial charge is 0.282 e. The highest BCUT2D eigenvalue weighted by Crippen LogP contribution is 2.36. The molecule has 0 spiro atoms. The minimum atomic E-state index is -4.76. The molecule has 4 aromatic rings. The first kappa shape index (κ1) is 21.5. The van der Waals surface area contributed by atoms with Crippen LogP contribution in [-0.4, -0.2) is 25.9 Å². The van der Waals surface area contributed by atoms with E-state index in [0.717, 1.165) is 12.1 Å². The maximum Gasteiger partial charge on any atom is 0.392 e. The number of nitrogens with zero attached hydrogens (tertiary/aromatic N) is 4. The summed E-state index contributed by atoms with van der Waals surface area (Å²) in [5.41, 5.74) is 0.600. The van der Waals surface area contributed by atoms with Crippen molar-refractivity contribution in [3.05, 3.63) is 71.7 Å². The largest absolute Gasteiger partial charge is 0.392 e. The molecule has 0 aliphatic heterocycles. The van der Waals surface area contributed by atoms with Crippen molar-refractivity contribution in [1.29, 1.82) is 5.39 Å². The molecule has 0 aromatic heterocycles. The number of benzene rings is 4. The molecule has 0 aliphatic rings. The number of azo groups is 1. The molecule has 10 nitrogen and oxygen atoms in total. The second kappa shape index (κ2) is 7.74. The molecule has 0 amide bonds. The molecule has 2 N–H and O–H groups in total. The van der Waals surface area contributed by atoms with Gasteiger partial charge in [-0.15, -0.1) is 5.11 Å². The van der Waals surface area contributed by atoms with Crippen molar-refractivity contribution in [2.75, 3.05) is 0 Å². The lowest BCUT2D eigenvalue weighted by Gasteiger charge is -2.08. The summed E-state index contributed by atoms with van der Waals surface area (Å²) in [6.07, 6.45) is 0. The van der Waals surface area contributed by atoms with E-state index in [-0.39, 0.29) is 16.5 Å². The Morgan fingerprint density at radius 2 is 1.34 bits per heavy atom. The first-order valence-electron chi connectivity index (χ1n) is 8.90. The lowest BCUT2D eigenvalue weighted by molar-refractivity contribution is 0.481. The van der Waals surface area contributed by atoms with E-state index in [1.807, 2.05) is 0 Å². The van der Waals surface area contributed by atoms with E-state index < -0.39 is 30.0 Å². The summed E-state index contributed by atoms with van der Waals surface area (Å²) in [5, 5.41) is 18.2. The minimum Gasteiger partial charge on any atom is -0.282 e. The lowest BCUT2D eigenvalue weighted by atomic mass is 10.1. The van der Waals surface area contributed by atoms with Gasteiger partial charge in [-0.3, -0.25) is 9.11 Å². The van der Waals surface area contributed by atoms with E-state index >= 15 is 0 Å². The van der Waals surface area contributed by atoms with Gasteiger partial charge in [0, 0.05) is 22.2 Å². The zero-order valence-corrected chi connectivity index (χ0v) is 17.6. The maximum absolute atomic E-state index is 11.9. The molecule has 0 saturated carbocycles. The van der Waals surface area contributed by atoms with Gasteiger partial charge >= 0.3 is 5.69 Å². The topological polar surface area (TPSA) is 162 Å². The molecule has 0 radical (unpaired) electrons. The standard InChI is InChI=1S/C20H12N4O6S2/c21-22-17-8-9-18(14-5-2-1-4-13(14)17)24-23-12-10-16-15(20(11-12)32(28,29)30)6-3-7-19(16)31(25,26)27/h1-11H,(H-,25,26,27,28,29,30)/p+1. The van der Waals surface area contributed by atoms with Crippen LogP contribution in [0.15, 0.2) is 86.7 Å². The number of diazo groups is 1. The molecule has 0 bridgehead atoms. The third kappa shape index (κ3) is 3.93. The van der Waals surface area contributed by atoms with Crippen molar-refractivity contribution in [1.82, 2.24) is 0 Å². The Labute approximate surface area is 182 Å². The summed E-state index contributed by atoms with van der Waals surface area (Å²) >= 11 is 0. The number of hydrogen-bond donors (Lipinski definition) is 2. The quantitative estimate of drug-likeness (QED) is 0.230. The molecule has 0 heterocycles. The van der Waals surface area contributed by atoms with Crippen LogP contribution >= 0.6 is 0 Å². The molecule has 0 saturated heterocycles. The Kier molecular flexibility index (Phi) is 5.19. The monoisotopic (exact) mass is 469 g/mol. The molecule has 0 unspecified atom stereocenters. The van der Waals surface area contributed by atoms with Crippen LogP contribution in [0.1, 0.15) is 0 Å². The first-order valence-corrected chi connectivity index (χ1v) is 11.8. The third-order valence-corrected chi connectivity index (χ3v) is 6.52. The van der Waals surface area contributed by atoms with Crippen molar-refractivity contribution in [2.45, 2.75) is 9.79 Å². The molecule has 32 heavy (non-hydrogen) atoms. The van der Waals surface area contributed by atoms with Crippen molar-refractivity contribution in [2.24, 2.45) is 10.2 Å². The summed E-state index contributed by atoms with van der Waals surface area (Å²) in [6.45, 7) is 0. The van der Waals surface area contributed by atoms with E-state index in [1.54, 1.807) is 24.3 Å². The number of hydrogen-bond acceptors (Lipinski definition) is 7. The van der Waals surface area contributed by atoms with E-state index in [1.165, 1.54) is 30.3 Å². The lowest BCUT2D eigenvalue weighted by Crippen LogP contribution is -2.03. The van der Waals surface area contributed by atoms with Crippen LogP contribution in [0.2, 0.25) is 0 Å². The molecule has 0 aliphatic carbocycles. The zero-order chi connectivity index (χ0) is 23.1. The van der Waals surface area contributed by atoms with Crippen molar-refractivity contribution >= 4 is 58.8 Å². The maximum atomic E-state index is 11.9. The highest BCUT2D eigenvalue weighted by molar-refractivity contribution is 7.86. The van der Waals surface area contributed by atoms with Crippen LogP contribution in [0.4, 0.5) is 17.1 Å². The van der Waals surface area contributed by atoms with Crippen molar-refractivity contribution < 1.29 is 25.9 Å². The predicted molar refractivity (Wildman–Crippen MR) is 116 cm³/mol. The predicted octanol–water partition coefficient (Wildman–Crippen LogP) is 5.39. The summed E-state index contributed by atoms with van der Waals surface area (Å²) in [6, 6.07) is 15.9. The second-order valence-corrected chi connectivity index (χ2v) is 9.47. The van der Waals surface area contributed by atoms with E-state index in [9.17, 15) is 25.9 Å². The van der Waals surface area contributed by atoms with Gasteiger partial charge in [0.05, 0.1) is 16.8 Å². The average molecular weight is 469 g/mol. The van der Waals surface area contributed by atoms with Crippen LogP contribution in [0.25, 0.3) is 26.5 Å². The Balaban J connectivity index is 1.96. The van der Waals surface area contributed by atoms with Gasteiger partial charge in [0.1, 0.15) is 9.79 Å². The Hall–Kier alpha value is -3.76. The first-order chi connectivity index (χ1) is 15.1. The van der Waals surface area contributed by atoms with Crippen LogP contribution in [0.3, 0.4) is 0 Å². The highest BCUT2D eigenvalue weighted by Gasteiger charge is 2.21. The van der Waals surface area contributed by atoms with Crippen LogP contribution < -0.4 is 0 Å². The van der Waals surface area contributed by atoms with Gasteiger partial charge in [-0.05, 0) is 30.3 Å². The van der Waals surface area contributed by atoms with Gasteiger partial charge in [0.15, 0.2) is 4.98 Å². The second-order valence-electron chi connectivity index (χ2n) is 6.69. The summed E-state index contributed by atoms with van der Waals surface area (Å²) in [7, 11) is -9.45. The molecule has 4 rings (SSSR count). The van der Waals surface area contributed by atoms with Crippen molar-refractivity contribution in [3.63, 3.8) is 0 Å². The SMILES string of the molecule is N#[N+]c1ccc(N=Nc2cc(S(=O)(=O)O)c3cccc(S(=O)(=O)O)c3c2)c2ccccc12. The van der Waals surface area contributed by atoms with Gasteiger partial charge in [0.25, 0.3) is 20.2 Å². The normalized spacial score (nSPS) is 12.4. The Bertz CT molecular complexity index is 1690. The fourth-order valence-corrected chi connectivity index (χ4v) is 4.78.